The minimum absolute atomic E-state index is 0.0720. The molecule has 0 unspecified atom stereocenters. The maximum atomic E-state index is 11.6. The molecule has 90 valence electrons. The highest BCUT2D eigenvalue weighted by atomic mass is 16.4. The van der Waals surface area contributed by atoms with Gasteiger partial charge >= 0.3 is 12.0 Å². The molecule has 2 N–H and O–H groups in total. The molecule has 1 aromatic carbocycles. The van der Waals surface area contributed by atoms with Gasteiger partial charge in [-0.25, -0.2) is 4.79 Å². The van der Waals surface area contributed by atoms with E-state index in [1.165, 1.54) is 0 Å². The van der Waals surface area contributed by atoms with E-state index in [2.05, 4.69) is 5.32 Å². The fourth-order valence-corrected chi connectivity index (χ4v) is 2.03. The predicted octanol–water partition coefficient (Wildman–Crippen LogP) is 1.23. The minimum atomic E-state index is -0.904. The lowest BCUT2D eigenvalue weighted by molar-refractivity contribution is -0.138. The van der Waals surface area contributed by atoms with Gasteiger partial charge < -0.3 is 15.3 Å². The molecule has 0 aliphatic carbocycles. The molecule has 1 aromatic rings. The van der Waals surface area contributed by atoms with Crippen LogP contribution in [0.25, 0.3) is 0 Å². The van der Waals surface area contributed by atoms with Gasteiger partial charge in [-0.3, -0.25) is 4.79 Å². The number of rotatable bonds is 4. The molecular formula is C12H14N2O3. The number of nitrogens with zero attached hydrogens (tertiary/aromatic N) is 1. The Hall–Kier alpha value is -2.04. The Morgan fingerprint density at radius 2 is 2.12 bits per heavy atom. The van der Waals surface area contributed by atoms with Gasteiger partial charge in [0.05, 0.1) is 12.5 Å². The van der Waals surface area contributed by atoms with E-state index >= 15 is 0 Å². The molecule has 2 amide bonds. The lowest BCUT2D eigenvalue weighted by Crippen LogP contribution is -2.33. The molecular weight excluding hydrogens is 220 g/mol. The molecule has 1 heterocycles. The number of urea groups is 1. The second kappa shape index (κ2) is 4.86. The first-order valence-electron chi connectivity index (χ1n) is 5.49. The van der Waals surface area contributed by atoms with Crippen molar-refractivity contribution in [3.8, 4) is 0 Å². The topological polar surface area (TPSA) is 69.6 Å². The van der Waals surface area contributed by atoms with Crippen LogP contribution in [0.15, 0.2) is 30.3 Å². The molecule has 2 rings (SSSR count). The summed E-state index contributed by atoms with van der Waals surface area (Å²) in [6.07, 6.45) is -0.0720. The molecule has 0 aromatic heterocycles. The first kappa shape index (κ1) is 11.4. The van der Waals surface area contributed by atoms with E-state index in [1.54, 1.807) is 4.90 Å². The van der Waals surface area contributed by atoms with Crippen molar-refractivity contribution in [2.45, 2.75) is 12.5 Å². The second-order valence-electron chi connectivity index (χ2n) is 3.95. The van der Waals surface area contributed by atoms with Crippen LogP contribution in [0.5, 0.6) is 0 Å². The van der Waals surface area contributed by atoms with Crippen molar-refractivity contribution in [2.24, 2.45) is 0 Å². The summed E-state index contributed by atoms with van der Waals surface area (Å²) in [7, 11) is 0. The van der Waals surface area contributed by atoms with Gasteiger partial charge in [0, 0.05) is 13.1 Å². The van der Waals surface area contributed by atoms with Crippen LogP contribution in [0.2, 0.25) is 0 Å². The summed E-state index contributed by atoms with van der Waals surface area (Å²) in [4.78, 5) is 24.1. The van der Waals surface area contributed by atoms with Gasteiger partial charge in [0.15, 0.2) is 0 Å². The molecule has 0 saturated carbocycles. The molecule has 17 heavy (non-hydrogen) atoms. The smallest absolute Gasteiger partial charge is 0.318 e. The van der Waals surface area contributed by atoms with Gasteiger partial charge in [-0.05, 0) is 5.56 Å². The molecule has 0 radical (unpaired) electrons. The molecule has 1 saturated heterocycles. The number of benzene rings is 1. The Morgan fingerprint density at radius 3 is 2.65 bits per heavy atom. The zero-order valence-electron chi connectivity index (χ0n) is 9.30. The van der Waals surface area contributed by atoms with Crippen molar-refractivity contribution in [2.75, 3.05) is 13.1 Å². The molecule has 0 spiro atoms. The summed E-state index contributed by atoms with van der Waals surface area (Å²) in [5.74, 6) is -0.904. The summed E-state index contributed by atoms with van der Waals surface area (Å²) in [5, 5.41) is 11.6. The van der Waals surface area contributed by atoms with E-state index in [0.29, 0.717) is 13.1 Å². The number of carboxylic acid groups (broad SMARTS) is 1. The Kier molecular flexibility index (Phi) is 3.27. The van der Waals surface area contributed by atoms with Crippen molar-refractivity contribution in [1.29, 1.82) is 0 Å². The van der Waals surface area contributed by atoms with E-state index in [-0.39, 0.29) is 12.5 Å². The highest BCUT2D eigenvalue weighted by molar-refractivity contribution is 5.78. The zero-order chi connectivity index (χ0) is 12.3. The van der Waals surface area contributed by atoms with Crippen LogP contribution in [0.1, 0.15) is 18.0 Å². The fourth-order valence-electron chi connectivity index (χ4n) is 2.03. The van der Waals surface area contributed by atoms with Crippen LogP contribution in [-0.2, 0) is 4.79 Å². The van der Waals surface area contributed by atoms with Crippen LogP contribution in [-0.4, -0.2) is 35.1 Å². The van der Waals surface area contributed by atoms with Crippen molar-refractivity contribution in [1.82, 2.24) is 10.2 Å². The zero-order valence-corrected chi connectivity index (χ0v) is 9.30. The summed E-state index contributed by atoms with van der Waals surface area (Å²) >= 11 is 0. The minimum Gasteiger partial charge on any atom is -0.481 e. The summed E-state index contributed by atoms with van der Waals surface area (Å²) < 4.78 is 0. The number of carbonyl (C=O) groups is 2. The van der Waals surface area contributed by atoms with E-state index in [4.69, 9.17) is 5.11 Å². The summed E-state index contributed by atoms with van der Waals surface area (Å²) in [6, 6.07) is 8.66. The second-order valence-corrected chi connectivity index (χ2v) is 3.95. The quantitative estimate of drug-likeness (QED) is 0.823. The lowest BCUT2D eigenvalue weighted by Gasteiger charge is -2.25. The van der Waals surface area contributed by atoms with Crippen molar-refractivity contribution >= 4 is 12.0 Å². The van der Waals surface area contributed by atoms with Crippen LogP contribution in [0.3, 0.4) is 0 Å². The van der Waals surface area contributed by atoms with Crippen molar-refractivity contribution in [3.63, 3.8) is 0 Å². The van der Waals surface area contributed by atoms with E-state index < -0.39 is 12.0 Å². The lowest BCUT2D eigenvalue weighted by atomic mass is 10.0. The first-order valence-corrected chi connectivity index (χ1v) is 5.49. The van der Waals surface area contributed by atoms with Gasteiger partial charge in [-0.15, -0.1) is 0 Å². The molecule has 1 atom stereocenters. The highest BCUT2D eigenvalue weighted by Crippen LogP contribution is 2.25. The molecule has 1 aliphatic rings. The van der Waals surface area contributed by atoms with Crippen LogP contribution >= 0.6 is 0 Å². The molecule has 0 bridgehead atoms. The largest absolute Gasteiger partial charge is 0.481 e. The maximum Gasteiger partial charge on any atom is 0.318 e. The highest BCUT2D eigenvalue weighted by Gasteiger charge is 2.30. The molecule has 1 aliphatic heterocycles. The Morgan fingerprint density at radius 1 is 1.41 bits per heavy atom. The van der Waals surface area contributed by atoms with E-state index in [9.17, 15) is 9.59 Å². The van der Waals surface area contributed by atoms with Crippen molar-refractivity contribution < 1.29 is 14.7 Å². The van der Waals surface area contributed by atoms with Gasteiger partial charge in [0.2, 0.25) is 0 Å². The number of aliphatic carboxylic acids is 1. The summed E-state index contributed by atoms with van der Waals surface area (Å²) in [5.41, 5.74) is 0.854. The van der Waals surface area contributed by atoms with Crippen LogP contribution in [0, 0.1) is 0 Å². The Balaban J connectivity index is 2.25. The van der Waals surface area contributed by atoms with Crippen LogP contribution < -0.4 is 5.32 Å². The third kappa shape index (κ3) is 2.55. The summed E-state index contributed by atoms with van der Waals surface area (Å²) in [6.45, 7) is 1.12. The van der Waals surface area contributed by atoms with Gasteiger partial charge in [-0.1, -0.05) is 30.3 Å². The average Bonchev–Trinajstić information content (AvgIpc) is 2.73. The van der Waals surface area contributed by atoms with Crippen molar-refractivity contribution in [3.05, 3.63) is 35.9 Å². The normalized spacial score (nSPS) is 16.7. The number of carbonyl (C=O) groups excluding carboxylic acids is 1. The standard InChI is InChI=1S/C12H14N2O3/c15-11(16)8-10(9-4-2-1-3-5-9)14-7-6-13-12(14)17/h1-5,10H,6-8H2,(H,13,17)(H,15,16)/t10-/m0/s1. The molecule has 5 nitrogen and oxygen atoms in total. The van der Waals surface area contributed by atoms with Crippen LogP contribution in [0.4, 0.5) is 4.79 Å². The number of hydrogen-bond donors (Lipinski definition) is 2. The molecule has 5 heteroatoms. The number of nitrogens with one attached hydrogen (secondary N) is 1. The van der Waals surface area contributed by atoms with Gasteiger partial charge in [0.1, 0.15) is 0 Å². The fraction of sp³-hybridized carbons (Fsp3) is 0.333. The first-order chi connectivity index (χ1) is 8.18. The average molecular weight is 234 g/mol. The molecule has 1 fully saturated rings. The van der Waals surface area contributed by atoms with E-state index in [1.807, 2.05) is 30.3 Å². The van der Waals surface area contributed by atoms with E-state index in [0.717, 1.165) is 5.56 Å². The maximum absolute atomic E-state index is 11.6. The number of carboxylic acids is 1. The van der Waals surface area contributed by atoms with Gasteiger partial charge in [0.25, 0.3) is 0 Å². The Bertz CT molecular complexity index is 419. The Labute approximate surface area is 99.0 Å². The number of hydrogen-bond acceptors (Lipinski definition) is 2. The SMILES string of the molecule is O=C(O)C[C@@H](c1ccccc1)N1CCNC1=O. The van der Waals surface area contributed by atoms with Gasteiger partial charge in [-0.2, -0.15) is 0 Å². The number of amides is 2. The third-order valence-corrected chi connectivity index (χ3v) is 2.82. The monoisotopic (exact) mass is 234 g/mol. The predicted molar refractivity (Wildman–Crippen MR) is 61.5 cm³/mol. The third-order valence-electron chi connectivity index (χ3n) is 2.82.